The van der Waals surface area contributed by atoms with Gasteiger partial charge in [0.1, 0.15) is 0 Å². The largest absolute Gasteiger partial charge is 0.271 e. The minimum Gasteiger partial charge on any atom is -0.271 e. The summed E-state index contributed by atoms with van der Waals surface area (Å²) >= 11 is 19.0. The number of thiol groups is 2. The molecule has 0 aromatic rings. The lowest BCUT2D eigenvalue weighted by atomic mass is 10.5. The Hall–Kier alpha value is -0.0600. The first-order valence-corrected chi connectivity index (χ1v) is 7.32. The zero-order valence-corrected chi connectivity index (χ0v) is 13.1. The summed E-state index contributed by atoms with van der Waals surface area (Å²) in [5, 5.41) is 7.36. The number of nitrogens with zero attached hydrogens (tertiary/aromatic N) is 4. The van der Waals surface area contributed by atoms with E-state index in [1.807, 2.05) is 16.3 Å². The number of hydrogen-bond acceptors (Lipinski definition) is 5. The first-order valence-electron chi connectivity index (χ1n) is 5.61. The van der Waals surface area contributed by atoms with Crippen molar-refractivity contribution in [3.05, 3.63) is 12.3 Å². The lowest BCUT2D eigenvalue weighted by Gasteiger charge is -2.44. The van der Waals surface area contributed by atoms with Crippen LogP contribution in [0.5, 0.6) is 0 Å². The van der Waals surface area contributed by atoms with E-state index in [0.29, 0.717) is 8.64 Å². The predicted octanol–water partition coefficient (Wildman–Crippen LogP) is 1.19. The van der Waals surface area contributed by atoms with Crippen molar-refractivity contribution in [1.82, 2.24) is 25.8 Å². The van der Waals surface area contributed by atoms with Gasteiger partial charge in [-0.1, -0.05) is 6.08 Å². The van der Waals surface area contributed by atoms with Crippen molar-refractivity contribution in [2.24, 2.45) is 0 Å². The van der Waals surface area contributed by atoms with Crippen LogP contribution in [0.1, 0.15) is 12.8 Å². The molecule has 2 heterocycles. The van der Waals surface area contributed by atoms with Crippen molar-refractivity contribution in [3.8, 4) is 0 Å². The monoisotopic (exact) mass is 321 g/mol. The quantitative estimate of drug-likeness (QED) is 0.399. The maximum Gasteiger partial charge on any atom is 0.176 e. The fourth-order valence-corrected chi connectivity index (χ4v) is 2.65. The van der Waals surface area contributed by atoms with Gasteiger partial charge in [0.15, 0.2) is 8.64 Å². The fraction of sp³-hybridized carbons (Fsp3) is 0.556. The molecule has 0 aliphatic carbocycles. The van der Waals surface area contributed by atoms with E-state index >= 15 is 0 Å². The average Bonchev–Trinajstić information content (AvgIpc) is 2.97. The molecule has 0 aromatic heterocycles. The molecule has 0 amide bonds. The van der Waals surface area contributed by atoms with Gasteiger partial charge in [-0.3, -0.25) is 5.01 Å². The van der Waals surface area contributed by atoms with E-state index in [2.05, 4.69) is 36.8 Å². The summed E-state index contributed by atoms with van der Waals surface area (Å²) in [5.74, 6) is 0. The lowest BCUT2D eigenvalue weighted by Crippen LogP contribution is -2.61. The summed E-state index contributed by atoms with van der Waals surface area (Å²) in [5.41, 5.74) is 3.23. The maximum atomic E-state index is 5.21. The van der Waals surface area contributed by atoms with Gasteiger partial charge in [-0.15, -0.1) is 30.4 Å². The normalized spacial score (nSPS) is 19.3. The second-order valence-corrected chi connectivity index (χ2v) is 6.09. The highest BCUT2D eigenvalue weighted by atomic mass is 32.1. The van der Waals surface area contributed by atoms with Crippen molar-refractivity contribution in [2.45, 2.75) is 12.8 Å². The van der Waals surface area contributed by atoms with Gasteiger partial charge in [0.25, 0.3) is 0 Å². The van der Waals surface area contributed by atoms with Crippen molar-refractivity contribution >= 4 is 58.3 Å². The molecule has 0 spiro atoms. The van der Waals surface area contributed by atoms with Gasteiger partial charge < -0.3 is 0 Å². The molecular weight excluding hydrogens is 306 g/mol. The Morgan fingerprint density at radius 1 is 1.17 bits per heavy atom. The Balaban J connectivity index is 2.21. The average molecular weight is 322 g/mol. The SMILES string of the molecule is S=C(S)N(N1C=CCC1)N(C(=S)S)N1CCCN1. The van der Waals surface area contributed by atoms with E-state index in [4.69, 9.17) is 24.4 Å². The number of thiocarbonyl (C=S) groups is 2. The summed E-state index contributed by atoms with van der Waals surface area (Å²) in [6, 6.07) is 0. The van der Waals surface area contributed by atoms with Gasteiger partial charge >= 0.3 is 0 Å². The Morgan fingerprint density at radius 3 is 2.33 bits per heavy atom. The van der Waals surface area contributed by atoms with E-state index in [-0.39, 0.29) is 0 Å². The third-order valence-electron chi connectivity index (χ3n) is 2.64. The summed E-state index contributed by atoms with van der Waals surface area (Å²) in [7, 11) is 0. The molecule has 0 saturated carbocycles. The second kappa shape index (κ2) is 6.40. The highest BCUT2D eigenvalue weighted by Crippen LogP contribution is 2.19. The van der Waals surface area contributed by atoms with Crippen molar-refractivity contribution in [3.63, 3.8) is 0 Å². The molecule has 1 N–H and O–H groups in total. The molecule has 0 atom stereocenters. The zero-order chi connectivity index (χ0) is 13.1. The Labute approximate surface area is 128 Å². The van der Waals surface area contributed by atoms with Crippen molar-refractivity contribution < 1.29 is 0 Å². The molecule has 1 fully saturated rings. The highest BCUT2D eigenvalue weighted by Gasteiger charge is 2.30. The van der Waals surface area contributed by atoms with Gasteiger partial charge in [-0.05, 0) is 37.3 Å². The molecule has 2 rings (SSSR count). The molecule has 2 aliphatic rings. The van der Waals surface area contributed by atoms with E-state index in [0.717, 1.165) is 32.5 Å². The van der Waals surface area contributed by atoms with Crippen LogP contribution in [0.25, 0.3) is 0 Å². The third kappa shape index (κ3) is 3.09. The summed E-state index contributed by atoms with van der Waals surface area (Å²) < 4.78 is 0.841. The Bertz CT molecular complexity index is 368. The maximum absolute atomic E-state index is 5.21. The summed E-state index contributed by atoms with van der Waals surface area (Å²) in [6.45, 7) is 2.61. The first-order chi connectivity index (χ1) is 8.61. The van der Waals surface area contributed by atoms with Crippen LogP contribution in [0.4, 0.5) is 0 Å². The third-order valence-corrected chi connectivity index (χ3v) is 3.32. The lowest BCUT2D eigenvalue weighted by molar-refractivity contribution is -0.169. The van der Waals surface area contributed by atoms with Gasteiger partial charge in [0.2, 0.25) is 0 Å². The van der Waals surface area contributed by atoms with Crippen molar-refractivity contribution in [2.75, 3.05) is 19.6 Å². The molecule has 5 nitrogen and oxygen atoms in total. The molecular formula is C9H15N5S4. The molecule has 0 unspecified atom stereocenters. The standard InChI is InChI=1S/C9H15N5S4/c15-8(16)13(11-5-1-2-6-11)14(9(17)18)12-7-3-4-10-12/h1,5,10H,2-4,6-7H2,(H,15,16)(H,17,18). The number of rotatable bonds is 2. The highest BCUT2D eigenvalue weighted by molar-refractivity contribution is 8.11. The molecule has 1 saturated heterocycles. The fourth-order valence-electron chi connectivity index (χ4n) is 1.90. The zero-order valence-electron chi connectivity index (χ0n) is 9.69. The van der Waals surface area contributed by atoms with Crippen LogP contribution >= 0.6 is 49.7 Å². The Kier molecular flexibility index (Phi) is 5.10. The van der Waals surface area contributed by atoms with Crippen LogP contribution in [-0.2, 0) is 0 Å². The van der Waals surface area contributed by atoms with Crippen LogP contribution in [-0.4, -0.2) is 48.6 Å². The first kappa shape index (κ1) is 14.4. The predicted molar refractivity (Wildman–Crippen MR) is 86.6 cm³/mol. The smallest absolute Gasteiger partial charge is 0.176 e. The Morgan fingerprint density at radius 2 is 1.89 bits per heavy atom. The van der Waals surface area contributed by atoms with Crippen LogP contribution in [0, 0.1) is 0 Å². The minimum absolute atomic E-state index is 0.418. The number of hydrogen-bond donors (Lipinski definition) is 3. The second-order valence-electron chi connectivity index (χ2n) is 3.87. The van der Waals surface area contributed by atoms with Crippen molar-refractivity contribution in [1.29, 1.82) is 0 Å². The number of hydrazine groups is 4. The molecule has 2 aliphatic heterocycles. The van der Waals surface area contributed by atoms with E-state index < -0.39 is 0 Å². The van der Waals surface area contributed by atoms with Crippen LogP contribution in [0.3, 0.4) is 0 Å². The van der Waals surface area contributed by atoms with Gasteiger partial charge in [0, 0.05) is 25.8 Å². The molecule has 0 radical (unpaired) electrons. The van der Waals surface area contributed by atoms with E-state index in [1.165, 1.54) is 0 Å². The van der Waals surface area contributed by atoms with E-state index in [9.17, 15) is 0 Å². The van der Waals surface area contributed by atoms with Gasteiger partial charge in [0.05, 0.1) is 0 Å². The minimum atomic E-state index is 0.418. The topological polar surface area (TPSA) is 25.0 Å². The van der Waals surface area contributed by atoms with Crippen LogP contribution < -0.4 is 5.43 Å². The van der Waals surface area contributed by atoms with E-state index in [1.54, 1.807) is 10.2 Å². The van der Waals surface area contributed by atoms with Crippen LogP contribution in [0.2, 0.25) is 0 Å². The molecule has 0 aromatic carbocycles. The molecule has 18 heavy (non-hydrogen) atoms. The van der Waals surface area contributed by atoms with Crippen LogP contribution in [0.15, 0.2) is 12.3 Å². The molecule has 9 heteroatoms. The summed E-state index contributed by atoms with van der Waals surface area (Å²) in [6.07, 6.45) is 6.08. The molecule has 0 bridgehead atoms. The number of nitrogens with one attached hydrogen (secondary N) is 1. The summed E-state index contributed by atoms with van der Waals surface area (Å²) in [4.78, 5) is 0. The molecule has 100 valence electrons. The van der Waals surface area contributed by atoms with Gasteiger partial charge in [-0.2, -0.15) is 10.2 Å². The van der Waals surface area contributed by atoms with Gasteiger partial charge in [-0.25, -0.2) is 5.43 Å².